The summed E-state index contributed by atoms with van der Waals surface area (Å²) < 4.78 is 2.05. The summed E-state index contributed by atoms with van der Waals surface area (Å²) in [5.41, 5.74) is 6.94. The van der Waals surface area contributed by atoms with E-state index >= 15 is 0 Å². The summed E-state index contributed by atoms with van der Waals surface area (Å²) in [7, 11) is 2.00. The van der Waals surface area contributed by atoms with E-state index in [-0.39, 0.29) is 5.54 Å². The van der Waals surface area contributed by atoms with Gasteiger partial charge in [-0.2, -0.15) is 0 Å². The highest BCUT2D eigenvalue weighted by atomic mass is 15.1. The lowest BCUT2D eigenvalue weighted by Crippen LogP contribution is -2.34. The van der Waals surface area contributed by atoms with Crippen LogP contribution in [-0.2, 0) is 12.6 Å². The Hall–Kier alpha value is -0.830. The van der Waals surface area contributed by atoms with Crippen LogP contribution in [0.5, 0.6) is 0 Å². The van der Waals surface area contributed by atoms with E-state index in [4.69, 9.17) is 5.73 Å². The van der Waals surface area contributed by atoms with E-state index in [0.717, 1.165) is 17.9 Å². The molecule has 1 atom stereocenters. The second kappa shape index (κ2) is 2.90. The number of imidazole rings is 1. The summed E-state index contributed by atoms with van der Waals surface area (Å²) in [5.74, 6) is 1.01. The van der Waals surface area contributed by atoms with Crippen LogP contribution in [0.3, 0.4) is 0 Å². The first-order valence-electron chi connectivity index (χ1n) is 4.26. The zero-order chi connectivity index (χ0) is 9.35. The Labute approximate surface area is 73.6 Å². The molecule has 68 valence electrons. The van der Waals surface area contributed by atoms with Gasteiger partial charge in [0.05, 0.1) is 17.4 Å². The van der Waals surface area contributed by atoms with Crippen molar-refractivity contribution in [3.8, 4) is 0 Å². The Bertz CT molecular complexity index is 273. The van der Waals surface area contributed by atoms with Crippen molar-refractivity contribution in [3.05, 3.63) is 17.7 Å². The molecule has 3 nitrogen and oxygen atoms in total. The molecule has 1 rings (SSSR count). The lowest BCUT2D eigenvalue weighted by molar-refractivity contribution is 0.445. The molecule has 12 heavy (non-hydrogen) atoms. The standard InChI is InChI=1S/C9H17N3/c1-5-9(3,10)8-6-11-7(2)12(8)4/h6H,5,10H2,1-4H3. The smallest absolute Gasteiger partial charge is 0.105 e. The molecule has 0 bridgehead atoms. The summed E-state index contributed by atoms with van der Waals surface area (Å²) in [4.78, 5) is 4.21. The largest absolute Gasteiger partial charge is 0.334 e. The van der Waals surface area contributed by atoms with Gasteiger partial charge in [0.15, 0.2) is 0 Å². The van der Waals surface area contributed by atoms with E-state index in [2.05, 4.69) is 11.9 Å². The number of hydrogen-bond donors (Lipinski definition) is 1. The van der Waals surface area contributed by atoms with Gasteiger partial charge in [0.1, 0.15) is 5.82 Å². The van der Waals surface area contributed by atoms with Crippen molar-refractivity contribution in [3.63, 3.8) is 0 Å². The minimum atomic E-state index is -0.254. The van der Waals surface area contributed by atoms with E-state index in [9.17, 15) is 0 Å². The minimum Gasteiger partial charge on any atom is -0.334 e. The maximum atomic E-state index is 6.09. The molecule has 3 heteroatoms. The average molecular weight is 167 g/mol. The Morgan fingerprint density at radius 3 is 2.58 bits per heavy atom. The van der Waals surface area contributed by atoms with Crippen LogP contribution in [0, 0.1) is 6.92 Å². The molecule has 0 aliphatic rings. The summed E-state index contributed by atoms with van der Waals surface area (Å²) in [6.45, 7) is 6.10. The van der Waals surface area contributed by atoms with Crippen molar-refractivity contribution < 1.29 is 0 Å². The second-order valence-electron chi connectivity index (χ2n) is 3.52. The SMILES string of the molecule is CCC(C)(N)c1cnc(C)n1C. The summed E-state index contributed by atoms with van der Waals surface area (Å²) >= 11 is 0. The molecular weight excluding hydrogens is 150 g/mol. The maximum Gasteiger partial charge on any atom is 0.105 e. The fourth-order valence-corrected chi connectivity index (χ4v) is 1.21. The Morgan fingerprint density at radius 2 is 2.25 bits per heavy atom. The van der Waals surface area contributed by atoms with Crippen molar-refractivity contribution >= 4 is 0 Å². The van der Waals surface area contributed by atoms with Crippen molar-refractivity contribution in [2.75, 3.05) is 0 Å². The third-order valence-corrected chi connectivity index (χ3v) is 2.54. The van der Waals surface area contributed by atoms with Gasteiger partial charge in [-0.25, -0.2) is 4.98 Å². The van der Waals surface area contributed by atoms with E-state index in [1.165, 1.54) is 0 Å². The lowest BCUT2D eigenvalue weighted by atomic mass is 9.97. The minimum absolute atomic E-state index is 0.254. The maximum absolute atomic E-state index is 6.09. The molecule has 2 N–H and O–H groups in total. The number of aromatic nitrogens is 2. The second-order valence-corrected chi connectivity index (χ2v) is 3.52. The van der Waals surface area contributed by atoms with Crippen LogP contribution < -0.4 is 5.73 Å². The predicted molar refractivity (Wildman–Crippen MR) is 49.8 cm³/mol. The molecule has 1 aromatic heterocycles. The van der Waals surface area contributed by atoms with Crippen molar-refractivity contribution in [1.82, 2.24) is 9.55 Å². The quantitative estimate of drug-likeness (QED) is 0.721. The lowest BCUT2D eigenvalue weighted by Gasteiger charge is -2.23. The molecule has 1 aromatic rings. The van der Waals surface area contributed by atoms with Crippen LogP contribution >= 0.6 is 0 Å². The van der Waals surface area contributed by atoms with Gasteiger partial charge in [-0.15, -0.1) is 0 Å². The van der Waals surface area contributed by atoms with Gasteiger partial charge in [0.2, 0.25) is 0 Å². The first kappa shape index (κ1) is 9.26. The molecule has 0 fully saturated rings. The van der Waals surface area contributed by atoms with Gasteiger partial charge in [-0.3, -0.25) is 0 Å². The number of nitrogens with zero attached hydrogens (tertiary/aromatic N) is 2. The van der Waals surface area contributed by atoms with Crippen LogP contribution in [0.25, 0.3) is 0 Å². The molecule has 0 saturated carbocycles. The van der Waals surface area contributed by atoms with E-state index < -0.39 is 0 Å². The van der Waals surface area contributed by atoms with Gasteiger partial charge in [-0.1, -0.05) is 6.92 Å². The number of rotatable bonds is 2. The van der Waals surface area contributed by atoms with Crippen LogP contribution in [0.15, 0.2) is 6.20 Å². The third kappa shape index (κ3) is 1.37. The number of aryl methyl sites for hydroxylation is 1. The summed E-state index contributed by atoms with van der Waals surface area (Å²) in [5, 5.41) is 0. The van der Waals surface area contributed by atoms with Crippen LogP contribution in [0.4, 0.5) is 0 Å². The number of nitrogens with two attached hydrogens (primary N) is 1. The molecule has 0 saturated heterocycles. The molecule has 1 heterocycles. The number of hydrogen-bond acceptors (Lipinski definition) is 2. The van der Waals surface area contributed by atoms with Crippen LogP contribution in [-0.4, -0.2) is 9.55 Å². The molecule has 0 aliphatic heterocycles. The summed E-state index contributed by atoms with van der Waals surface area (Å²) in [6.07, 6.45) is 2.78. The summed E-state index contributed by atoms with van der Waals surface area (Å²) in [6, 6.07) is 0. The normalized spacial score (nSPS) is 16.1. The van der Waals surface area contributed by atoms with E-state index in [1.54, 1.807) is 0 Å². The molecule has 0 spiro atoms. The van der Waals surface area contributed by atoms with Gasteiger partial charge in [0.25, 0.3) is 0 Å². The van der Waals surface area contributed by atoms with E-state index in [0.29, 0.717) is 0 Å². The fourth-order valence-electron chi connectivity index (χ4n) is 1.21. The van der Waals surface area contributed by atoms with Crippen molar-refractivity contribution in [1.29, 1.82) is 0 Å². The molecule has 0 aromatic carbocycles. The Kier molecular flexibility index (Phi) is 2.24. The molecule has 0 amide bonds. The Balaban J connectivity index is 3.11. The van der Waals surface area contributed by atoms with Crippen molar-refractivity contribution in [2.24, 2.45) is 12.8 Å². The van der Waals surface area contributed by atoms with Crippen molar-refractivity contribution in [2.45, 2.75) is 32.7 Å². The highest BCUT2D eigenvalue weighted by molar-refractivity contribution is 5.13. The van der Waals surface area contributed by atoms with Crippen LogP contribution in [0.2, 0.25) is 0 Å². The first-order valence-corrected chi connectivity index (χ1v) is 4.26. The Morgan fingerprint density at radius 1 is 1.67 bits per heavy atom. The highest BCUT2D eigenvalue weighted by Crippen LogP contribution is 2.20. The third-order valence-electron chi connectivity index (χ3n) is 2.54. The van der Waals surface area contributed by atoms with Gasteiger partial charge >= 0.3 is 0 Å². The zero-order valence-electron chi connectivity index (χ0n) is 8.26. The van der Waals surface area contributed by atoms with Gasteiger partial charge in [0, 0.05) is 7.05 Å². The predicted octanol–water partition coefficient (Wildman–Crippen LogP) is 1.31. The van der Waals surface area contributed by atoms with Gasteiger partial charge in [-0.05, 0) is 20.3 Å². The molecule has 1 unspecified atom stereocenters. The fraction of sp³-hybridized carbons (Fsp3) is 0.667. The molecular formula is C9H17N3. The zero-order valence-corrected chi connectivity index (χ0v) is 8.26. The first-order chi connectivity index (χ1) is 5.49. The van der Waals surface area contributed by atoms with Gasteiger partial charge < -0.3 is 10.3 Å². The molecule has 0 radical (unpaired) electrons. The van der Waals surface area contributed by atoms with E-state index in [1.807, 2.05) is 31.7 Å². The highest BCUT2D eigenvalue weighted by Gasteiger charge is 2.22. The molecule has 0 aliphatic carbocycles. The van der Waals surface area contributed by atoms with Crippen LogP contribution in [0.1, 0.15) is 31.8 Å². The monoisotopic (exact) mass is 167 g/mol. The average Bonchev–Trinajstić information content (AvgIpc) is 2.33. The topological polar surface area (TPSA) is 43.8 Å².